The predicted molar refractivity (Wildman–Crippen MR) is 252 cm³/mol. The summed E-state index contributed by atoms with van der Waals surface area (Å²) in [6.07, 6.45) is 0. The Labute approximate surface area is 356 Å². The lowest BCUT2D eigenvalue weighted by atomic mass is 9.55. The first-order valence-corrected chi connectivity index (χ1v) is 21.6. The largest absolute Gasteiger partial charge is 0.310 e. The Morgan fingerprint density at radius 1 is 0.350 bits per heavy atom. The molecule has 1 unspecified atom stereocenters. The van der Waals surface area contributed by atoms with E-state index in [0.29, 0.717) is 0 Å². The molecular formula is C59H51N. The third-order valence-corrected chi connectivity index (χ3v) is 14.3. The monoisotopic (exact) mass is 773 g/mol. The lowest BCUT2D eigenvalue weighted by molar-refractivity contribution is 0.561. The van der Waals surface area contributed by atoms with Crippen LogP contribution in [0.25, 0.3) is 33.4 Å². The van der Waals surface area contributed by atoms with Crippen molar-refractivity contribution in [1.82, 2.24) is 0 Å². The molecule has 8 aromatic carbocycles. The Morgan fingerprint density at radius 2 is 0.850 bits per heavy atom. The van der Waals surface area contributed by atoms with Crippen molar-refractivity contribution in [2.45, 2.75) is 70.1 Å². The first-order valence-electron chi connectivity index (χ1n) is 21.6. The van der Waals surface area contributed by atoms with E-state index in [2.05, 4.69) is 235 Å². The topological polar surface area (TPSA) is 3.24 Å². The van der Waals surface area contributed by atoms with Crippen molar-refractivity contribution >= 4 is 17.1 Å². The van der Waals surface area contributed by atoms with Crippen LogP contribution >= 0.6 is 0 Å². The molecular weight excluding hydrogens is 723 g/mol. The highest BCUT2D eigenvalue weighted by Crippen LogP contribution is 2.64. The van der Waals surface area contributed by atoms with Crippen LogP contribution in [0.4, 0.5) is 17.1 Å². The van der Waals surface area contributed by atoms with E-state index in [-0.39, 0.29) is 16.2 Å². The molecule has 0 bridgehead atoms. The zero-order valence-corrected chi connectivity index (χ0v) is 35.8. The molecule has 1 nitrogen and oxygen atoms in total. The normalized spacial score (nSPS) is 17.2. The van der Waals surface area contributed by atoms with Gasteiger partial charge >= 0.3 is 0 Å². The molecule has 0 heterocycles. The second-order valence-electron chi connectivity index (χ2n) is 19.3. The van der Waals surface area contributed by atoms with Crippen LogP contribution in [0.3, 0.4) is 0 Å². The highest BCUT2D eigenvalue weighted by atomic mass is 15.1. The van der Waals surface area contributed by atoms with Gasteiger partial charge in [0, 0.05) is 27.9 Å². The molecule has 0 radical (unpaired) electrons. The minimum atomic E-state index is -0.460. The molecule has 3 aliphatic rings. The Bertz CT molecular complexity index is 3010. The summed E-state index contributed by atoms with van der Waals surface area (Å²) < 4.78 is 0. The number of hydrogen-bond donors (Lipinski definition) is 0. The average molecular weight is 774 g/mol. The molecule has 0 aliphatic heterocycles. The van der Waals surface area contributed by atoms with E-state index in [0.717, 1.165) is 17.1 Å². The maximum absolute atomic E-state index is 2.53. The highest BCUT2D eigenvalue weighted by molar-refractivity contribution is 5.92. The van der Waals surface area contributed by atoms with Crippen molar-refractivity contribution in [3.05, 3.63) is 232 Å². The molecule has 60 heavy (non-hydrogen) atoms. The molecule has 292 valence electrons. The Kier molecular flexibility index (Phi) is 7.80. The van der Waals surface area contributed by atoms with E-state index in [1.165, 1.54) is 83.5 Å². The summed E-state index contributed by atoms with van der Waals surface area (Å²) >= 11 is 0. The zero-order valence-electron chi connectivity index (χ0n) is 35.8. The van der Waals surface area contributed by atoms with Crippen LogP contribution in [-0.4, -0.2) is 0 Å². The molecule has 0 N–H and O–H groups in total. The van der Waals surface area contributed by atoms with Gasteiger partial charge in [0.25, 0.3) is 0 Å². The molecule has 0 saturated carbocycles. The predicted octanol–water partition coefficient (Wildman–Crippen LogP) is 15.4. The number of nitrogens with zero attached hydrogens (tertiary/aromatic N) is 1. The van der Waals surface area contributed by atoms with Gasteiger partial charge < -0.3 is 4.90 Å². The summed E-state index contributed by atoms with van der Waals surface area (Å²) in [6, 6.07) is 68.9. The quantitative estimate of drug-likeness (QED) is 0.172. The Morgan fingerprint density at radius 3 is 1.57 bits per heavy atom. The number of anilines is 3. The summed E-state index contributed by atoms with van der Waals surface area (Å²) in [5.41, 5.74) is 22.9. The second kappa shape index (κ2) is 12.8. The molecule has 0 fully saturated rings. The van der Waals surface area contributed by atoms with Gasteiger partial charge in [-0.2, -0.15) is 0 Å². The fraction of sp³-hybridized carbons (Fsp3) is 0.186. The minimum absolute atomic E-state index is 0.0213. The van der Waals surface area contributed by atoms with E-state index in [4.69, 9.17) is 0 Å². The lowest BCUT2D eigenvalue weighted by Crippen LogP contribution is -2.40. The van der Waals surface area contributed by atoms with Crippen molar-refractivity contribution in [1.29, 1.82) is 0 Å². The molecule has 1 spiro atoms. The van der Waals surface area contributed by atoms with Gasteiger partial charge in [-0.15, -0.1) is 0 Å². The fourth-order valence-electron chi connectivity index (χ4n) is 11.4. The maximum Gasteiger partial charge on any atom is 0.0719 e. The van der Waals surface area contributed by atoms with E-state index in [1.54, 1.807) is 0 Å². The van der Waals surface area contributed by atoms with Crippen LogP contribution in [-0.2, 0) is 21.7 Å². The number of fused-ring (bicyclic) bond motifs is 12. The number of rotatable bonds is 4. The summed E-state index contributed by atoms with van der Waals surface area (Å²) in [6.45, 7) is 16.7. The van der Waals surface area contributed by atoms with Crippen LogP contribution < -0.4 is 4.90 Å². The van der Waals surface area contributed by atoms with Crippen LogP contribution in [0.15, 0.2) is 182 Å². The van der Waals surface area contributed by atoms with Crippen molar-refractivity contribution in [2.75, 3.05) is 4.90 Å². The standard InChI is InChI=1S/C59H51N/c1-56(2,3)51-26-17-27-52-55(51)45-21-12-14-23-47(45)59(52)49-25-16-15-24-48(49)58(6,7)54-37-42(33-35-50(54)59)60(40-30-28-39(29-31-40)38-18-9-8-10-19-38)41-32-34-44-43-20-11-13-22-46(43)57(4,5)53(44)36-41/h8-37H,1-7H3. The van der Waals surface area contributed by atoms with E-state index in [9.17, 15) is 0 Å². The van der Waals surface area contributed by atoms with E-state index < -0.39 is 5.41 Å². The molecule has 1 atom stereocenters. The fourth-order valence-corrected chi connectivity index (χ4v) is 11.4. The van der Waals surface area contributed by atoms with Gasteiger partial charge in [-0.1, -0.05) is 194 Å². The second-order valence-corrected chi connectivity index (χ2v) is 19.3. The Balaban J connectivity index is 1.17. The van der Waals surface area contributed by atoms with Crippen molar-refractivity contribution < 1.29 is 0 Å². The zero-order chi connectivity index (χ0) is 41.2. The first-order chi connectivity index (χ1) is 28.9. The van der Waals surface area contributed by atoms with Crippen LogP contribution in [0.1, 0.15) is 98.5 Å². The van der Waals surface area contributed by atoms with E-state index in [1.807, 2.05) is 0 Å². The van der Waals surface area contributed by atoms with Gasteiger partial charge in [0.05, 0.1) is 5.41 Å². The highest BCUT2D eigenvalue weighted by Gasteiger charge is 2.54. The van der Waals surface area contributed by atoms with Crippen molar-refractivity contribution in [3.63, 3.8) is 0 Å². The smallest absolute Gasteiger partial charge is 0.0719 e. The lowest BCUT2D eigenvalue weighted by Gasteiger charge is -2.47. The van der Waals surface area contributed by atoms with Crippen LogP contribution in [0.5, 0.6) is 0 Å². The van der Waals surface area contributed by atoms with Gasteiger partial charge in [0.1, 0.15) is 0 Å². The number of benzene rings is 8. The van der Waals surface area contributed by atoms with Crippen molar-refractivity contribution in [2.24, 2.45) is 0 Å². The summed E-state index contributed by atoms with van der Waals surface area (Å²) in [5.74, 6) is 0. The molecule has 0 aromatic heterocycles. The maximum atomic E-state index is 2.53. The van der Waals surface area contributed by atoms with Gasteiger partial charge in [0.15, 0.2) is 0 Å². The van der Waals surface area contributed by atoms with Crippen LogP contribution in [0.2, 0.25) is 0 Å². The van der Waals surface area contributed by atoms with Gasteiger partial charge in [-0.3, -0.25) is 0 Å². The molecule has 8 aromatic rings. The van der Waals surface area contributed by atoms with Crippen LogP contribution in [0, 0.1) is 0 Å². The molecule has 11 rings (SSSR count). The summed E-state index contributed by atoms with van der Waals surface area (Å²) in [5, 5.41) is 0. The van der Waals surface area contributed by atoms with Gasteiger partial charge in [-0.05, 0) is 125 Å². The molecule has 0 amide bonds. The Hall–Kier alpha value is -6.44. The van der Waals surface area contributed by atoms with Gasteiger partial charge in [-0.25, -0.2) is 0 Å². The number of hydrogen-bond acceptors (Lipinski definition) is 1. The first kappa shape index (κ1) is 36.6. The third-order valence-electron chi connectivity index (χ3n) is 14.3. The van der Waals surface area contributed by atoms with Gasteiger partial charge in [0.2, 0.25) is 0 Å². The SMILES string of the molecule is CC(C)(C)c1cccc2c1-c1ccccc1C21c2ccccc2C(C)(C)c2cc(N(c3ccc(-c4ccccc4)cc3)c3ccc4c(c3)C(C)(C)c3ccccc3-4)ccc21. The molecule has 1 heteroatoms. The third kappa shape index (κ3) is 4.99. The summed E-state index contributed by atoms with van der Waals surface area (Å²) in [4.78, 5) is 2.49. The van der Waals surface area contributed by atoms with Crippen molar-refractivity contribution in [3.8, 4) is 33.4 Å². The molecule has 0 saturated heterocycles. The minimum Gasteiger partial charge on any atom is -0.310 e. The van der Waals surface area contributed by atoms with E-state index >= 15 is 0 Å². The average Bonchev–Trinajstić information content (AvgIpc) is 3.69. The molecule has 3 aliphatic carbocycles. The summed E-state index contributed by atoms with van der Waals surface area (Å²) in [7, 11) is 0.